The van der Waals surface area contributed by atoms with Gasteiger partial charge in [-0.3, -0.25) is 25.4 Å². The van der Waals surface area contributed by atoms with Crippen molar-refractivity contribution in [1.82, 2.24) is 25.6 Å². The van der Waals surface area contributed by atoms with Crippen molar-refractivity contribution in [3.8, 4) is 11.3 Å². The van der Waals surface area contributed by atoms with Crippen LogP contribution in [0.3, 0.4) is 0 Å². The number of carbonyl (C=O) groups excluding carboxylic acids is 2. The predicted octanol–water partition coefficient (Wildman–Crippen LogP) is 3.28. The molecule has 4 rings (SSSR count). The van der Waals surface area contributed by atoms with Crippen LogP contribution in [0.1, 0.15) is 37.9 Å². The molecule has 0 radical (unpaired) electrons. The number of rotatable bonds is 5. The van der Waals surface area contributed by atoms with Gasteiger partial charge >= 0.3 is 0 Å². The lowest BCUT2D eigenvalue weighted by Gasteiger charge is -2.10. The summed E-state index contributed by atoms with van der Waals surface area (Å²) in [6, 6.07) is 18.3. The molecule has 156 valence electrons. The van der Waals surface area contributed by atoms with Gasteiger partial charge in [0.05, 0.1) is 17.8 Å². The maximum absolute atomic E-state index is 12.6. The van der Waals surface area contributed by atoms with Gasteiger partial charge in [0.2, 0.25) is 0 Å². The van der Waals surface area contributed by atoms with E-state index in [1.165, 1.54) is 6.07 Å². The molecule has 1 aromatic carbocycles. The molecule has 8 nitrogen and oxygen atoms in total. The second kappa shape index (κ2) is 8.66. The molecule has 0 unspecified atom stereocenters. The van der Waals surface area contributed by atoms with E-state index in [2.05, 4.69) is 21.0 Å². The van der Waals surface area contributed by atoms with Crippen LogP contribution in [0.4, 0.5) is 0 Å². The van der Waals surface area contributed by atoms with Gasteiger partial charge in [0.1, 0.15) is 0 Å². The summed E-state index contributed by atoms with van der Waals surface area (Å²) in [5, 5.41) is 3.78. The van der Waals surface area contributed by atoms with Gasteiger partial charge in [-0.15, -0.1) is 0 Å². The number of hydrazine groups is 1. The van der Waals surface area contributed by atoms with Crippen molar-refractivity contribution in [2.24, 2.45) is 0 Å². The minimum absolute atomic E-state index is 0.0692. The Balaban J connectivity index is 1.42. The normalized spacial score (nSPS) is 10.6. The molecule has 8 heteroatoms. The number of benzene rings is 1. The third-order valence-corrected chi connectivity index (χ3v) is 4.96. The molecule has 0 spiro atoms. The largest absolute Gasteiger partial charge is 0.355 e. The molecule has 0 aliphatic carbocycles. The highest BCUT2D eigenvalue weighted by Gasteiger charge is 2.18. The van der Waals surface area contributed by atoms with Gasteiger partial charge in [-0.05, 0) is 32.0 Å². The van der Waals surface area contributed by atoms with Crippen LogP contribution >= 0.6 is 0 Å². The van der Waals surface area contributed by atoms with Crippen molar-refractivity contribution in [2.45, 2.75) is 20.4 Å². The first kappa shape index (κ1) is 20.1. The molecule has 2 N–H and O–H groups in total. The van der Waals surface area contributed by atoms with Crippen molar-refractivity contribution in [3.05, 3.63) is 95.2 Å². The zero-order valence-corrected chi connectivity index (χ0v) is 17.1. The quantitative estimate of drug-likeness (QED) is 0.487. The molecule has 0 fully saturated rings. The molecular formula is C23H21N5O3. The number of pyridine rings is 1. The van der Waals surface area contributed by atoms with E-state index in [1.807, 2.05) is 66.9 Å². The minimum Gasteiger partial charge on any atom is -0.355 e. The lowest BCUT2D eigenvalue weighted by atomic mass is 10.1. The molecule has 31 heavy (non-hydrogen) atoms. The van der Waals surface area contributed by atoms with Crippen LogP contribution in [0, 0.1) is 13.8 Å². The molecule has 4 aromatic rings. The Morgan fingerprint density at radius 2 is 1.71 bits per heavy atom. The van der Waals surface area contributed by atoms with E-state index in [-0.39, 0.29) is 5.69 Å². The first-order chi connectivity index (χ1) is 15.0. The summed E-state index contributed by atoms with van der Waals surface area (Å²) in [5.74, 6) is -0.516. The lowest BCUT2D eigenvalue weighted by Crippen LogP contribution is -2.41. The summed E-state index contributed by atoms with van der Waals surface area (Å²) in [6.45, 7) is 4.33. The van der Waals surface area contributed by atoms with Gasteiger partial charge < -0.3 is 9.09 Å². The fourth-order valence-electron chi connectivity index (χ4n) is 3.29. The molecule has 0 aliphatic rings. The van der Waals surface area contributed by atoms with Gasteiger partial charge in [0.25, 0.3) is 11.8 Å². The smallest absolute Gasteiger partial charge is 0.291 e. The Morgan fingerprint density at radius 1 is 0.968 bits per heavy atom. The topological polar surface area (TPSA) is 102 Å². The van der Waals surface area contributed by atoms with Gasteiger partial charge in [0, 0.05) is 29.2 Å². The average molecular weight is 415 g/mol. The molecule has 0 bridgehead atoms. The van der Waals surface area contributed by atoms with Crippen LogP contribution in [0.25, 0.3) is 11.3 Å². The Kier molecular flexibility index (Phi) is 5.61. The van der Waals surface area contributed by atoms with Gasteiger partial charge in [0.15, 0.2) is 11.5 Å². The van der Waals surface area contributed by atoms with E-state index in [0.29, 0.717) is 17.9 Å². The number of nitrogens with one attached hydrogen (secondary N) is 2. The van der Waals surface area contributed by atoms with Crippen molar-refractivity contribution >= 4 is 11.8 Å². The Morgan fingerprint density at radius 3 is 2.45 bits per heavy atom. The molecule has 0 atom stereocenters. The highest BCUT2D eigenvalue weighted by Crippen LogP contribution is 2.20. The van der Waals surface area contributed by atoms with Crippen LogP contribution < -0.4 is 10.9 Å². The van der Waals surface area contributed by atoms with Crippen LogP contribution in [0.2, 0.25) is 0 Å². The number of carbonyl (C=O) groups is 2. The van der Waals surface area contributed by atoms with Crippen molar-refractivity contribution in [2.75, 3.05) is 0 Å². The Hall–Kier alpha value is -4.20. The van der Waals surface area contributed by atoms with Crippen LogP contribution in [-0.4, -0.2) is 26.5 Å². The van der Waals surface area contributed by atoms with Crippen molar-refractivity contribution < 1.29 is 14.1 Å². The number of aryl methyl sites for hydroxylation is 1. The summed E-state index contributed by atoms with van der Waals surface area (Å²) in [6.07, 6.45) is 1.74. The van der Waals surface area contributed by atoms with Crippen molar-refractivity contribution in [3.63, 3.8) is 0 Å². The number of nitrogens with zero attached hydrogens (tertiary/aromatic N) is 3. The fraction of sp³-hybridized carbons (Fsp3) is 0.130. The molecule has 2 amide bonds. The summed E-state index contributed by atoms with van der Waals surface area (Å²) in [4.78, 5) is 29.3. The van der Waals surface area contributed by atoms with Gasteiger partial charge in [-0.25, -0.2) is 0 Å². The Bertz CT molecular complexity index is 1210. The molecule has 0 aliphatic heterocycles. The highest BCUT2D eigenvalue weighted by atomic mass is 16.5. The minimum atomic E-state index is -0.568. The number of aromatic nitrogens is 3. The molecule has 3 aromatic heterocycles. The molecular weight excluding hydrogens is 394 g/mol. The van der Waals surface area contributed by atoms with E-state index in [1.54, 1.807) is 12.3 Å². The van der Waals surface area contributed by atoms with E-state index >= 15 is 0 Å². The first-order valence-electron chi connectivity index (χ1n) is 9.72. The van der Waals surface area contributed by atoms with E-state index < -0.39 is 11.8 Å². The van der Waals surface area contributed by atoms with Gasteiger partial charge in [-0.2, -0.15) is 0 Å². The number of amides is 2. The molecule has 3 heterocycles. The van der Waals surface area contributed by atoms with Crippen molar-refractivity contribution in [1.29, 1.82) is 0 Å². The number of hydrogen-bond acceptors (Lipinski definition) is 5. The second-order valence-corrected chi connectivity index (χ2v) is 7.04. The highest BCUT2D eigenvalue weighted by molar-refractivity contribution is 5.99. The standard InChI is InChI=1S/C23H21N5O3/c1-15-12-19(16(2)28(15)14-18-10-6-7-11-24-18)22(29)25-26-23(30)20-13-21(31-27-20)17-8-4-3-5-9-17/h3-13H,14H2,1-2H3,(H,25,29)(H,26,30). The maximum Gasteiger partial charge on any atom is 0.291 e. The Labute approximate surface area is 178 Å². The molecule has 0 saturated carbocycles. The predicted molar refractivity (Wildman–Crippen MR) is 114 cm³/mol. The maximum atomic E-state index is 12.6. The third kappa shape index (κ3) is 4.37. The second-order valence-electron chi connectivity index (χ2n) is 7.04. The van der Waals surface area contributed by atoms with Crippen LogP contribution in [0.5, 0.6) is 0 Å². The summed E-state index contributed by atoms with van der Waals surface area (Å²) < 4.78 is 7.23. The zero-order valence-electron chi connectivity index (χ0n) is 17.1. The van der Waals surface area contributed by atoms with Crippen LogP contribution in [0.15, 0.2) is 71.4 Å². The average Bonchev–Trinajstić information content (AvgIpc) is 3.40. The monoisotopic (exact) mass is 415 g/mol. The van der Waals surface area contributed by atoms with E-state index in [4.69, 9.17) is 4.52 Å². The summed E-state index contributed by atoms with van der Waals surface area (Å²) in [5.41, 5.74) is 8.77. The zero-order chi connectivity index (χ0) is 21.8. The van der Waals surface area contributed by atoms with Crippen LogP contribution in [-0.2, 0) is 6.54 Å². The molecule has 0 saturated heterocycles. The fourth-order valence-corrected chi connectivity index (χ4v) is 3.29. The SMILES string of the molecule is Cc1cc(C(=O)NNC(=O)c2cc(-c3ccccc3)on2)c(C)n1Cc1ccccn1. The van der Waals surface area contributed by atoms with Gasteiger partial charge in [-0.1, -0.05) is 41.6 Å². The number of hydrogen-bond donors (Lipinski definition) is 2. The summed E-state index contributed by atoms with van der Waals surface area (Å²) in [7, 11) is 0. The first-order valence-corrected chi connectivity index (χ1v) is 9.72. The van der Waals surface area contributed by atoms with E-state index in [9.17, 15) is 9.59 Å². The summed E-state index contributed by atoms with van der Waals surface area (Å²) >= 11 is 0. The lowest BCUT2D eigenvalue weighted by molar-refractivity contribution is 0.0841. The van der Waals surface area contributed by atoms with E-state index in [0.717, 1.165) is 22.6 Å². The third-order valence-electron chi connectivity index (χ3n) is 4.96.